The van der Waals surface area contributed by atoms with Crippen LogP contribution in [0.4, 0.5) is 18.9 Å². The van der Waals surface area contributed by atoms with Gasteiger partial charge in [0.15, 0.2) is 0 Å². The summed E-state index contributed by atoms with van der Waals surface area (Å²) in [7, 11) is 0. The average Bonchev–Trinajstić information content (AvgIpc) is 3.32. The van der Waals surface area contributed by atoms with E-state index in [9.17, 15) is 13.2 Å². The van der Waals surface area contributed by atoms with E-state index in [-0.39, 0.29) is 6.42 Å². The number of hydrogen-bond acceptors (Lipinski definition) is 2. The Morgan fingerprint density at radius 3 is 2.50 bits per heavy atom. The van der Waals surface area contributed by atoms with Crippen LogP contribution in [0.5, 0.6) is 0 Å². The fourth-order valence-electron chi connectivity index (χ4n) is 4.77. The first-order valence-electron chi connectivity index (χ1n) is 10.5. The van der Waals surface area contributed by atoms with E-state index in [2.05, 4.69) is 12.1 Å². The fraction of sp³-hybridized carbons (Fsp3) is 0.148. The molecule has 0 aliphatic carbocycles. The van der Waals surface area contributed by atoms with Gasteiger partial charge < -0.3 is 4.42 Å². The van der Waals surface area contributed by atoms with E-state index in [1.807, 2.05) is 55.5 Å². The molecule has 2 heterocycles. The van der Waals surface area contributed by atoms with Gasteiger partial charge in [0.2, 0.25) is 0 Å². The highest BCUT2D eigenvalue weighted by molar-refractivity contribution is 6.30. The number of hydrogen-bond donors (Lipinski definition) is 0. The first-order chi connectivity index (χ1) is 15.4. The van der Waals surface area contributed by atoms with E-state index in [1.165, 1.54) is 0 Å². The number of fused-ring (bicyclic) bond motifs is 3. The van der Waals surface area contributed by atoms with Crippen molar-refractivity contribution in [3.63, 3.8) is 0 Å². The summed E-state index contributed by atoms with van der Waals surface area (Å²) in [6, 6.07) is 21.5. The third-order valence-corrected chi connectivity index (χ3v) is 6.15. The second-order valence-corrected chi connectivity index (χ2v) is 8.33. The van der Waals surface area contributed by atoms with Crippen LogP contribution >= 0.6 is 0 Å². The molecule has 5 heteroatoms. The molecule has 32 heavy (non-hydrogen) atoms. The van der Waals surface area contributed by atoms with E-state index in [0.29, 0.717) is 5.56 Å². The molecule has 1 aliphatic heterocycles. The van der Waals surface area contributed by atoms with Gasteiger partial charge in [-0.1, -0.05) is 42.5 Å². The van der Waals surface area contributed by atoms with Gasteiger partial charge in [0, 0.05) is 33.7 Å². The third-order valence-electron chi connectivity index (χ3n) is 6.15. The van der Waals surface area contributed by atoms with E-state index in [4.69, 9.17) is 9.41 Å². The zero-order valence-electron chi connectivity index (χ0n) is 17.3. The summed E-state index contributed by atoms with van der Waals surface area (Å²) in [5.74, 6) is 0. The summed E-state index contributed by atoms with van der Waals surface area (Å²) < 4.78 is 44.7. The maximum Gasteiger partial charge on any atom is 0.389 e. The average molecular weight is 429 g/mol. The number of halogens is 3. The van der Waals surface area contributed by atoms with Gasteiger partial charge in [-0.05, 0) is 54.1 Å². The standard InChI is InChI=1S/C27H18F3NO/c1-15-13-20-18-5-2-3-8-23(18)32-26(20)21(14-15)25-19-7-4-6-17-16(11-12-27(28,29)30)9-10-22(31-25)24(17)19/h2-10,13-14H,11-12H2,1H3. The molecule has 0 bridgehead atoms. The molecule has 1 aliphatic rings. The van der Waals surface area contributed by atoms with Gasteiger partial charge in [0.05, 0.1) is 11.4 Å². The predicted molar refractivity (Wildman–Crippen MR) is 122 cm³/mol. The second-order valence-electron chi connectivity index (χ2n) is 8.33. The molecule has 6 rings (SSSR count). The van der Waals surface area contributed by atoms with Crippen LogP contribution < -0.4 is 0 Å². The number of furan rings is 1. The lowest BCUT2D eigenvalue weighted by atomic mass is 9.93. The Balaban J connectivity index is 1.55. The van der Waals surface area contributed by atoms with Crippen LogP contribution in [-0.2, 0) is 6.42 Å². The Kier molecular flexibility index (Phi) is 4.00. The molecule has 2 nitrogen and oxygen atoms in total. The molecular formula is C27H18F3NO. The van der Waals surface area contributed by atoms with Gasteiger partial charge in [0.25, 0.3) is 0 Å². The van der Waals surface area contributed by atoms with Crippen molar-refractivity contribution in [2.24, 2.45) is 4.99 Å². The van der Waals surface area contributed by atoms with Crippen LogP contribution in [0.2, 0.25) is 0 Å². The maximum atomic E-state index is 12.8. The van der Waals surface area contributed by atoms with Crippen molar-refractivity contribution in [3.8, 4) is 0 Å². The number of aliphatic imine (C=N–C) groups is 1. The molecule has 0 spiro atoms. The molecule has 1 aromatic heterocycles. The van der Waals surface area contributed by atoms with Gasteiger partial charge in [-0.2, -0.15) is 13.2 Å². The van der Waals surface area contributed by atoms with Gasteiger partial charge in [-0.15, -0.1) is 0 Å². The van der Waals surface area contributed by atoms with E-state index >= 15 is 0 Å². The second kappa shape index (κ2) is 6.70. The molecule has 0 saturated carbocycles. The maximum absolute atomic E-state index is 12.8. The molecule has 0 fully saturated rings. The monoisotopic (exact) mass is 429 g/mol. The molecule has 4 aromatic carbocycles. The first kappa shape index (κ1) is 19.1. The Bertz CT molecular complexity index is 1570. The van der Waals surface area contributed by atoms with Crippen LogP contribution in [0.25, 0.3) is 32.7 Å². The lowest BCUT2D eigenvalue weighted by Gasteiger charge is -2.10. The predicted octanol–water partition coefficient (Wildman–Crippen LogP) is 8.03. The number of para-hydroxylation sites is 1. The summed E-state index contributed by atoms with van der Waals surface area (Å²) in [4.78, 5) is 4.91. The van der Waals surface area contributed by atoms with Crippen LogP contribution in [0.15, 0.2) is 76.1 Å². The Morgan fingerprint density at radius 1 is 0.844 bits per heavy atom. The zero-order chi connectivity index (χ0) is 22.0. The summed E-state index contributed by atoms with van der Waals surface area (Å²) in [5.41, 5.74) is 6.79. The van der Waals surface area contributed by atoms with Crippen LogP contribution in [-0.4, -0.2) is 11.9 Å². The van der Waals surface area contributed by atoms with Crippen LogP contribution in [0.1, 0.15) is 28.7 Å². The fourth-order valence-corrected chi connectivity index (χ4v) is 4.77. The van der Waals surface area contributed by atoms with Crippen molar-refractivity contribution in [3.05, 3.63) is 89.0 Å². The SMILES string of the molecule is Cc1cc(C2=Nc3ccc(CCC(F)(F)F)c4cccc2c34)c2oc3ccccc3c2c1. The van der Waals surface area contributed by atoms with Gasteiger partial charge in [-0.25, -0.2) is 4.99 Å². The Hall–Kier alpha value is -3.60. The van der Waals surface area contributed by atoms with Crippen LogP contribution in [0, 0.1) is 6.92 Å². The smallest absolute Gasteiger partial charge is 0.389 e. The quantitative estimate of drug-likeness (QED) is 0.280. The van der Waals surface area contributed by atoms with E-state index in [0.717, 1.165) is 60.8 Å². The van der Waals surface area contributed by atoms with E-state index < -0.39 is 12.6 Å². The minimum atomic E-state index is -4.18. The molecule has 0 amide bonds. The van der Waals surface area contributed by atoms with Crippen molar-refractivity contribution in [2.45, 2.75) is 25.9 Å². The number of benzene rings is 4. The highest BCUT2D eigenvalue weighted by atomic mass is 19.4. The summed E-state index contributed by atoms with van der Waals surface area (Å²) in [5, 5.41) is 3.83. The van der Waals surface area contributed by atoms with Crippen molar-refractivity contribution in [1.29, 1.82) is 0 Å². The lowest BCUT2D eigenvalue weighted by Crippen LogP contribution is -2.08. The first-order valence-corrected chi connectivity index (χ1v) is 10.5. The van der Waals surface area contributed by atoms with Crippen molar-refractivity contribution in [2.75, 3.05) is 0 Å². The molecule has 0 unspecified atom stereocenters. The number of nitrogens with zero attached hydrogens (tertiary/aromatic N) is 1. The zero-order valence-corrected chi connectivity index (χ0v) is 17.3. The summed E-state index contributed by atoms with van der Waals surface area (Å²) in [6.07, 6.45) is -5.06. The highest BCUT2D eigenvalue weighted by Gasteiger charge is 2.28. The van der Waals surface area contributed by atoms with Crippen LogP contribution in [0.3, 0.4) is 0 Å². The third kappa shape index (κ3) is 2.92. The van der Waals surface area contributed by atoms with Crippen molar-refractivity contribution in [1.82, 2.24) is 0 Å². The van der Waals surface area contributed by atoms with Gasteiger partial charge >= 0.3 is 6.18 Å². The number of aryl methyl sites for hydroxylation is 2. The largest absolute Gasteiger partial charge is 0.455 e. The molecule has 158 valence electrons. The normalized spacial score (nSPS) is 13.4. The molecular weight excluding hydrogens is 411 g/mol. The number of rotatable bonds is 3. The van der Waals surface area contributed by atoms with Crippen molar-refractivity contribution < 1.29 is 17.6 Å². The minimum Gasteiger partial charge on any atom is -0.455 e. The molecule has 0 radical (unpaired) electrons. The van der Waals surface area contributed by atoms with Gasteiger partial charge in [0.1, 0.15) is 11.2 Å². The lowest BCUT2D eigenvalue weighted by molar-refractivity contribution is -0.133. The van der Waals surface area contributed by atoms with Crippen molar-refractivity contribution >= 4 is 44.1 Å². The molecule has 0 N–H and O–H groups in total. The Labute approximate surface area is 182 Å². The minimum absolute atomic E-state index is 0.0443. The summed E-state index contributed by atoms with van der Waals surface area (Å²) in [6.45, 7) is 2.04. The topological polar surface area (TPSA) is 25.5 Å². The Morgan fingerprint density at radius 2 is 1.66 bits per heavy atom. The van der Waals surface area contributed by atoms with Gasteiger partial charge in [-0.3, -0.25) is 0 Å². The van der Waals surface area contributed by atoms with E-state index in [1.54, 1.807) is 6.07 Å². The number of alkyl halides is 3. The highest BCUT2D eigenvalue weighted by Crippen LogP contribution is 2.42. The molecule has 5 aromatic rings. The summed E-state index contributed by atoms with van der Waals surface area (Å²) >= 11 is 0. The molecule has 0 atom stereocenters. The molecule has 0 saturated heterocycles.